The van der Waals surface area contributed by atoms with Crippen molar-refractivity contribution in [2.24, 2.45) is 0 Å². The molecule has 0 amide bonds. The Kier molecular flexibility index (Phi) is 3.40. The molecular weight excluding hydrogens is 296 g/mol. The van der Waals surface area contributed by atoms with Crippen LogP contribution in [0.1, 0.15) is 0 Å². The number of benzene rings is 1. The molecule has 22 heavy (non-hydrogen) atoms. The number of thiophene rings is 1. The number of ether oxygens (including phenoxy) is 1. The van der Waals surface area contributed by atoms with Gasteiger partial charge in [0, 0.05) is 24.3 Å². The summed E-state index contributed by atoms with van der Waals surface area (Å²) in [6, 6.07) is 9.75. The third-order valence-corrected chi connectivity index (χ3v) is 4.64. The molecule has 0 bridgehead atoms. The zero-order valence-electron chi connectivity index (χ0n) is 12.0. The average Bonchev–Trinajstić information content (AvgIpc) is 3.03. The fraction of sp³-hybridized carbons (Fsp3) is 0.250. The second-order valence-electron chi connectivity index (χ2n) is 5.23. The summed E-state index contributed by atoms with van der Waals surface area (Å²) in [7, 11) is 0. The molecular formula is C16H16N4OS. The van der Waals surface area contributed by atoms with Crippen LogP contribution in [0.2, 0.25) is 0 Å². The maximum Gasteiger partial charge on any atom is 0.162 e. The standard InChI is InChI=1S/C16H16N4OS/c17-12-3-1-2-11(10-12)15-18-13-4-9-22-14(13)16(19-15)20-5-7-21-8-6-20/h1-4,9-10H,5-8,17H2. The molecule has 6 heteroatoms. The van der Waals surface area contributed by atoms with Crippen LogP contribution in [-0.2, 0) is 4.74 Å². The minimum atomic E-state index is 0.722. The van der Waals surface area contributed by atoms with Crippen LogP contribution in [0.15, 0.2) is 35.7 Å². The van der Waals surface area contributed by atoms with Crippen LogP contribution in [0.5, 0.6) is 0 Å². The van der Waals surface area contributed by atoms with Crippen LogP contribution in [0.25, 0.3) is 21.6 Å². The first kappa shape index (κ1) is 13.5. The minimum absolute atomic E-state index is 0.722. The Bertz CT molecular complexity index is 811. The molecule has 0 radical (unpaired) electrons. The topological polar surface area (TPSA) is 64.3 Å². The van der Waals surface area contributed by atoms with Crippen molar-refractivity contribution in [1.82, 2.24) is 9.97 Å². The van der Waals surface area contributed by atoms with Crippen LogP contribution in [0.3, 0.4) is 0 Å². The highest BCUT2D eigenvalue weighted by Gasteiger charge is 2.18. The Morgan fingerprint density at radius 2 is 2.00 bits per heavy atom. The molecule has 0 aliphatic carbocycles. The number of nitrogen functional groups attached to an aromatic ring is 1. The van der Waals surface area contributed by atoms with E-state index in [9.17, 15) is 0 Å². The molecule has 0 atom stereocenters. The van der Waals surface area contributed by atoms with Crippen molar-refractivity contribution < 1.29 is 4.74 Å². The van der Waals surface area contributed by atoms with Gasteiger partial charge in [-0.05, 0) is 23.6 Å². The van der Waals surface area contributed by atoms with Crippen molar-refractivity contribution in [1.29, 1.82) is 0 Å². The lowest BCUT2D eigenvalue weighted by molar-refractivity contribution is 0.122. The van der Waals surface area contributed by atoms with Gasteiger partial charge in [0.05, 0.1) is 23.4 Å². The van der Waals surface area contributed by atoms with Crippen molar-refractivity contribution in [3.63, 3.8) is 0 Å². The van der Waals surface area contributed by atoms with Crippen molar-refractivity contribution in [2.75, 3.05) is 36.9 Å². The summed E-state index contributed by atoms with van der Waals surface area (Å²) < 4.78 is 6.58. The number of morpholine rings is 1. The normalized spacial score (nSPS) is 15.4. The van der Waals surface area contributed by atoms with E-state index in [1.165, 1.54) is 0 Å². The van der Waals surface area contributed by atoms with Crippen LogP contribution in [-0.4, -0.2) is 36.3 Å². The van der Waals surface area contributed by atoms with Crippen molar-refractivity contribution in [3.05, 3.63) is 35.7 Å². The predicted octanol–water partition coefficient (Wildman–Crippen LogP) is 2.78. The molecule has 0 saturated carbocycles. The van der Waals surface area contributed by atoms with E-state index in [-0.39, 0.29) is 0 Å². The summed E-state index contributed by atoms with van der Waals surface area (Å²) >= 11 is 1.68. The molecule has 1 saturated heterocycles. The van der Waals surface area contributed by atoms with E-state index >= 15 is 0 Å². The number of aromatic nitrogens is 2. The molecule has 1 fully saturated rings. The van der Waals surface area contributed by atoms with Gasteiger partial charge in [0.2, 0.25) is 0 Å². The SMILES string of the molecule is Nc1cccc(-c2nc(N3CCOCC3)c3sccc3n2)c1. The lowest BCUT2D eigenvalue weighted by atomic mass is 10.2. The lowest BCUT2D eigenvalue weighted by Gasteiger charge is -2.28. The molecule has 1 aliphatic heterocycles. The highest BCUT2D eigenvalue weighted by atomic mass is 32.1. The van der Waals surface area contributed by atoms with Gasteiger partial charge in [-0.1, -0.05) is 12.1 Å². The molecule has 4 rings (SSSR count). The van der Waals surface area contributed by atoms with Gasteiger partial charge in [-0.2, -0.15) is 0 Å². The third-order valence-electron chi connectivity index (χ3n) is 3.74. The third kappa shape index (κ3) is 2.40. The molecule has 1 aliphatic rings. The maximum atomic E-state index is 5.89. The van der Waals surface area contributed by atoms with Crippen molar-refractivity contribution in [2.45, 2.75) is 0 Å². The molecule has 3 aromatic rings. The molecule has 2 N–H and O–H groups in total. The molecule has 2 aromatic heterocycles. The number of hydrogen-bond donors (Lipinski definition) is 1. The van der Waals surface area contributed by atoms with Gasteiger partial charge < -0.3 is 15.4 Å². The van der Waals surface area contributed by atoms with Gasteiger partial charge >= 0.3 is 0 Å². The van der Waals surface area contributed by atoms with Crippen LogP contribution in [0, 0.1) is 0 Å². The molecule has 5 nitrogen and oxygen atoms in total. The van der Waals surface area contributed by atoms with Gasteiger partial charge in [-0.3, -0.25) is 0 Å². The number of rotatable bonds is 2. The summed E-state index contributed by atoms with van der Waals surface area (Å²) in [6.45, 7) is 3.20. The van der Waals surface area contributed by atoms with E-state index < -0.39 is 0 Å². The van der Waals surface area contributed by atoms with Crippen LogP contribution < -0.4 is 10.6 Å². The van der Waals surface area contributed by atoms with Gasteiger partial charge in [0.1, 0.15) is 0 Å². The minimum Gasteiger partial charge on any atom is -0.399 e. The summed E-state index contributed by atoms with van der Waals surface area (Å²) in [5.74, 6) is 1.72. The number of fused-ring (bicyclic) bond motifs is 1. The van der Waals surface area contributed by atoms with E-state index in [4.69, 9.17) is 15.5 Å². The van der Waals surface area contributed by atoms with Gasteiger partial charge in [-0.25, -0.2) is 9.97 Å². The lowest BCUT2D eigenvalue weighted by Crippen LogP contribution is -2.36. The summed E-state index contributed by atoms with van der Waals surface area (Å²) in [4.78, 5) is 11.8. The zero-order chi connectivity index (χ0) is 14.9. The Balaban J connectivity index is 1.86. The highest BCUT2D eigenvalue weighted by Crippen LogP contribution is 2.32. The molecule has 3 heterocycles. The second kappa shape index (κ2) is 5.55. The zero-order valence-corrected chi connectivity index (χ0v) is 12.8. The Morgan fingerprint density at radius 1 is 1.14 bits per heavy atom. The van der Waals surface area contributed by atoms with Crippen LogP contribution in [0.4, 0.5) is 11.5 Å². The molecule has 0 spiro atoms. The van der Waals surface area contributed by atoms with Gasteiger partial charge in [-0.15, -0.1) is 11.3 Å². The van der Waals surface area contributed by atoms with Crippen molar-refractivity contribution in [3.8, 4) is 11.4 Å². The van der Waals surface area contributed by atoms with Crippen LogP contribution >= 0.6 is 11.3 Å². The van der Waals surface area contributed by atoms with E-state index in [2.05, 4.69) is 15.3 Å². The largest absolute Gasteiger partial charge is 0.399 e. The molecule has 0 unspecified atom stereocenters. The predicted molar refractivity (Wildman–Crippen MR) is 90.3 cm³/mol. The Hall–Kier alpha value is -2.18. The smallest absolute Gasteiger partial charge is 0.162 e. The quantitative estimate of drug-likeness (QED) is 0.737. The summed E-state index contributed by atoms with van der Waals surface area (Å²) in [6.07, 6.45) is 0. The van der Waals surface area contributed by atoms with Crippen molar-refractivity contribution >= 4 is 33.1 Å². The fourth-order valence-electron chi connectivity index (χ4n) is 2.64. The first-order valence-electron chi connectivity index (χ1n) is 7.25. The number of anilines is 2. The van der Waals surface area contributed by atoms with E-state index in [0.717, 1.165) is 59.4 Å². The highest BCUT2D eigenvalue weighted by molar-refractivity contribution is 7.17. The van der Waals surface area contributed by atoms with Gasteiger partial charge in [0.15, 0.2) is 11.6 Å². The molecule has 1 aromatic carbocycles. The average molecular weight is 312 g/mol. The maximum absolute atomic E-state index is 5.89. The fourth-order valence-corrected chi connectivity index (χ4v) is 3.49. The monoisotopic (exact) mass is 312 g/mol. The Labute approximate surface area is 132 Å². The molecule has 112 valence electrons. The number of nitrogens with zero attached hydrogens (tertiary/aromatic N) is 3. The summed E-state index contributed by atoms with van der Waals surface area (Å²) in [5, 5.41) is 2.06. The van der Waals surface area contributed by atoms with Gasteiger partial charge in [0.25, 0.3) is 0 Å². The van der Waals surface area contributed by atoms with E-state index in [1.807, 2.05) is 30.3 Å². The Morgan fingerprint density at radius 3 is 2.82 bits per heavy atom. The first-order chi connectivity index (χ1) is 10.8. The first-order valence-corrected chi connectivity index (χ1v) is 8.13. The summed E-state index contributed by atoms with van der Waals surface area (Å²) in [5.41, 5.74) is 8.54. The number of hydrogen-bond acceptors (Lipinski definition) is 6. The number of nitrogens with two attached hydrogens (primary N) is 1. The van der Waals surface area contributed by atoms with E-state index in [1.54, 1.807) is 11.3 Å². The second-order valence-corrected chi connectivity index (χ2v) is 6.15. The van der Waals surface area contributed by atoms with E-state index in [0.29, 0.717) is 0 Å².